The van der Waals surface area contributed by atoms with E-state index in [4.69, 9.17) is 10.00 Å². The molecule has 1 rings (SSSR count). The van der Waals surface area contributed by atoms with Gasteiger partial charge in [-0.05, 0) is 36.8 Å². The molecular weight excluding hydrogens is 210 g/mol. The summed E-state index contributed by atoms with van der Waals surface area (Å²) >= 11 is 0. The number of allylic oxidation sites excluding steroid dienone is 3. The zero-order chi connectivity index (χ0) is 12.7. The third-order valence-corrected chi connectivity index (χ3v) is 2.19. The Morgan fingerprint density at radius 3 is 2.47 bits per heavy atom. The summed E-state index contributed by atoms with van der Waals surface area (Å²) in [4.78, 5) is 0. The number of benzene rings is 1. The zero-order valence-corrected chi connectivity index (χ0v) is 9.94. The number of nitriles is 1. The van der Waals surface area contributed by atoms with E-state index in [1.807, 2.05) is 13.0 Å². The lowest BCUT2D eigenvalue weighted by Gasteiger charge is -2.04. The Morgan fingerprint density at radius 1 is 1.29 bits per heavy atom. The van der Waals surface area contributed by atoms with Gasteiger partial charge in [0, 0.05) is 0 Å². The summed E-state index contributed by atoms with van der Waals surface area (Å²) < 4.78 is 5.48. The van der Waals surface area contributed by atoms with Crippen molar-refractivity contribution in [3.05, 3.63) is 66.5 Å². The fourth-order valence-electron chi connectivity index (χ4n) is 1.11. The molecule has 0 heterocycles. The van der Waals surface area contributed by atoms with Gasteiger partial charge in [-0.15, -0.1) is 0 Å². The van der Waals surface area contributed by atoms with Crippen LogP contribution in [0.1, 0.15) is 18.9 Å². The highest BCUT2D eigenvalue weighted by Gasteiger charge is 1.96. The van der Waals surface area contributed by atoms with E-state index in [2.05, 4.69) is 19.2 Å². The lowest BCUT2D eigenvalue weighted by Crippen LogP contribution is -1.90. The van der Waals surface area contributed by atoms with Crippen molar-refractivity contribution in [2.24, 2.45) is 0 Å². The molecule has 0 saturated carbocycles. The van der Waals surface area contributed by atoms with Crippen molar-refractivity contribution in [1.29, 1.82) is 5.26 Å². The summed E-state index contributed by atoms with van der Waals surface area (Å²) in [5.41, 5.74) is 1.63. The van der Waals surface area contributed by atoms with Crippen molar-refractivity contribution in [2.45, 2.75) is 13.3 Å². The van der Waals surface area contributed by atoms with Gasteiger partial charge in [-0.25, -0.2) is 0 Å². The molecule has 0 fully saturated rings. The predicted octanol–water partition coefficient (Wildman–Crippen LogP) is 3.97. The Bertz CT molecular complexity index is 475. The number of nitrogens with zero attached hydrogens (tertiary/aromatic N) is 1. The molecule has 1 aromatic rings. The van der Waals surface area contributed by atoms with E-state index in [0.29, 0.717) is 17.1 Å². The normalized spacial score (nSPS) is 9.88. The van der Waals surface area contributed by atoms with E-state index in [1.165, 1.54) is 0 Å². The van der Waals surface area contributed by atoms with Crippen molar-refractivity contribution in [3.63, 3.8) is 0 Å². The van der Waals surface area contributed by atoms with Crippen LogP contribution in [0.15, 0.2) is 60.9 Å². The number of rotatable bonds is 5. The first-order chi connectivity index (χ1) is 8.15. The molecule has 0 unspecified atom stereocenters. The van der Waals surface area contributed by atoms with Gasteiger partial charge >= 0.3 is 0 Å². The average molecular weight is 225 g/mol. The summed E-state index contributed by atoms with van der Waals surface area (Å²) in [5.74, 6) is 1.21. The Balaban J connectivity index is 2.59. The van der Waals surface area contributed by atoms with Crippen molar-refractivity contribution < 1.29 is 4.74 Å². The monoisotopic (exact) mass is 225 g/mol. The number of hydrogen-bond donors (Lipinski definition) is 0. The van der Waals surface area contributed by atoms with E-state index < -0.39 is 0 Å². The molecule has 0 N–H and O–H groups in total. The SMILES string of the molecule is C=C(/C=C\C(=C)Oc1ccc(C#N)cc1)CC. The third kappa shape index (κ3) is 4.40. The topological polar surface area (TPSA) is 33.0 Å². The summed E-state index contributed by atoms with van der Waals surface area (Å²) in [5, 5.41) is 8.65. The van der Waals surface area contributed by atoms with E-state index in [9.17, 15) is 0 Å². The van der Waals surface area contributed by atoms with Crippen molar-refractivity contribution >= 4 is 0 Å². The van der Waals surface area contributed by atoms with Crippen LogP contribution in [0.5, 0.6) is 5.75 Å². The molecule has 0 aliphatic rings. The maximum absolute atomic E-state index is 8.65. The van der Waals surface area contributed by atoms with Gasteiger partial charge in [0.2, 0.25) is 0 Å². The molecule has 86 valence electrons. The van der Waals surface area contributed by atoms with Crippen LogP contribution in [0.3, 0.4) is 0 Å². The number of ether oxygens (including phenoxy) is 1. The van der Waals surface area contributed by atoms with Crippen LogP contribution in [0, 0.1) is 11.3 Å². The van der Waals surface area contributed by atoms with E-state index in [1.54, 1.807) is 30.3 Å². The second-order valence-electron chi connectivity index (χ2n) is 3.55. The second-order valence-corrected chi connectivity index (χ2v) is 3.55. The average Bonchev–Trinajstić information content (AvgIpc) is 2.36. The van der Waals surface area contributed by atoms with Gasteiger partial charge in [-0.1, -0.05) is 31.7 Å². The fourth-order valence-corrected chi connectivity index (χ4v) is 1.11. The van der Waals surface area contributed by atoms with E-state index in [-0.39, 0.29) is 0 Å². The molecule has 0 aromatic heterocycles. The van der Waals surface area contributed by atoms with Crippen LogP contribution in [0.4, 0.5) is 0 Å². The molecule has 0 aliphatic heterocycles. The molecule has 0 spiro atoms. The van der Waals surface area contributed by atoms with Crippen LogP contribution in [0.25, 0.3) is 0 Å². The van der Waals surface area contributed by atoms with Gasteiger partial charge in [0.05, 0.1) is 11.6 Å². The summed E-state index contributed by atoms with van der Waals surface area (Å²) in [6.07, 6.45) is 4.57. The fraction of sp³-hybridized carbons (Fsp3) is 0.133. The maximum Gasteiger partial charge on any atom is 0.127 e. The first-order valence-electron chi connectivity index (χ1n) is 5.38. The molecule has 17 heavy (non-hydrogen) atoms. The van der Waals surface area contributed by atoms with E-state index in [0.717, 1.165) is 12.0 Å². The zero-order valence-electron chi connectivity index (χ0n) is 9.94. The van der Waals surface area contributed by atoms with Gasteiger partial charge in [-0.3, -0.25) is 0 Å². The molecule has 0 radical (unpaired) electrons. The van der Waals surface area contributed by atoms with Crippen molar-refractivity contribution in [1.82, 2.24) is 0 Å². The minimum absolute atomic E-state index is 0.546. The summed E-state index contributed by atoms with van der Waals surface area (Å²) in [6, 6.07) is 8.95. The van der Waals surface area contributed by atoms with Gasteiger partial charge < -0.3 is 4.74 Å². The molecule has 0 amide bonds. The standard InChI is InChI=1S/C15H15NO/c1-4-12(2)5-6-13(3)17-15-9-7-14(11-16)8-10-15/h5-10H,2-4H2,1H3/b6-5-. The maximum atomic E-state index is 8.65. The van der Waals surface area contributed by atoms with Crippen molar-refractivity contribution in [2.75, 3.05) is 0 Å². The first kappa shape index (κ1) is 12.8. The largest absolute Gasteiger partial charge is 0.458 e. The van der Waals surface area contributed by atoms with Crippen LogP contribution < -0.4 is 4.74 Å². The summed E-state index contributed by atoms with van der Waals surface area (Å²) in [7, 11) is 0. The van der Waals surface area contributed by atoms with Gasteiger partial charge in [0.1, 0.15) is 11.5 Å². The minimum atomic E-state index is 0.546. The first-order valence-corrected chi connectivity index (χ1v) is 5.38. The second kappa shape index (κ2) is 6.34. The van der Waals surface area contributed by atoms with Crippen LogP contribution in [0.2, 0.25) is 0 Å². The highest BCUT2D eigenvalue weighted by atomic mass is 16.5. The molecule has 2 nitrogen and oxygen atoms in total. The highest BCUT2D eigenvalue weighted by Crippen LogP contribution is 2.15. The third-order valence-electron chi connectivity index (χ3n) is 2.19. The van der Waals surface area contributed by atoms with Crippen LogP contribution >= 0.6 is 0 Å². The molecule has 0 aliphatic carbocycles. The molecule has 2 heteroatoms. The predicted molar refractivity (Wildman–Crippen MR) is 69.5 cm³/mol. The Morgan fingerprint density at radius 2 is 1.94 bits per heavy atom. The number of hydrogen-bond acceptors (Lipinski definition) is 2. The van der Waals surface area contributed by atoms with Gasteiger partial charge in [-0.2, -0.15) is 5.26 Å². The highest BCUT2D eigenvalue weighted by molar-refractivity contribution is 5.36. The molecule has 0 atom stereocenters. The minimum Gasteiger partial charge on any atom is -0.458 e. The molecule has 0 bridgehead atoms. The smallest absolute Gasteiger partial charge is 0.127 e. The summed E-state index contributed by atoms with van der Waals surface area (Å²) in [6.45, 7) is 9.68. The van der Waals surface area contributed by atoms with E-state index >= 15 is 0 Å². The van der Waals surface area contributed by atoms with Gasteiger partial charge in [0.25, 0.3) is 0 Å². The molecule has 0 saturated heterocycles. The Hall–Kier alpha value is -2.27. The van der Waals surface area contributed by atoms with Crippen molar-refractivity contribution in [3.8, 4) is 11.8 Å². The molecular formula is C15H15NO. The lowest BCUT2D eigenvalue weighted by molar-refractivity contribution is 0.447. The Kier molecular flexibility index (Phi) is 4.77. The Labute approximate surface area is 102 Å². The lowest BCUT2D eigenvalue weighted by atomic mass is 10.2. The molecule has 1 aromatic carbocycles. The van der Waals surface area contributed by atoms with Gasteiger partial charge in [0.15, 0.2) is 0 Å². The van der Waals surface area contributed by atoms with Crippen LogP contribution in [-0.2, 0) is 0 Å². The van der Waals surface area contributed by atoms with Crippen LogP contribution in [-0.4, -0.2) is 0 Å². The quantitative estimate of drug-likeness (QED) is 0.561.